The van der Waals surface area contributed by atoms with Crippen molar-refractivity contribution in [3.8, 4) is 0 Å². The smallest absolute Gasteiger partial charge is 0.189 e. The summed E-state index contributed by atoms with van der Waals surface area (Å²) in [5.41, 5.74) is 0.937. The Morgan fingerprint density at radius 3 is 2.69 bits per heavy atom. The van der Waals surface area contributed by atoms with Crippen molar-refractivity contribution >= 4 is 35.8 Å². The molecule has 0 unspecified atom stereocenters. The molecule has 3 nitrogen and oxygen atoms in total. The molecule has 2 rings (SSSR count). The molecule has 0 bridgehead atoms. The quantitative estimate of drug-likeness (QED) is 0.667. The van der Waals surface area contributed by atoms with Crippen molar-refractivity contribution in [2.45, 2.75) is 30.2 Å². The molecule has 16 heavy (non-hydrogen) atoms. The van der Waals surface area contributed by atoms with Crippen LogP contribution in [0.1, 0.15) is 18.5 Å². The number of rotatable bonds is 2. The summed E-state index contributed by atoms with van der Waals surface area (Å²) < 4.78 is 0. The molecule has 1 aliphatic heterocycles. The van der Waals surface area contributed by atoms with E-state index in [9.17, 15) is 0 Å². The van der Waals surface area contributed by atoms with Gasteiger partial charge in [0.2, 0.25) is 0 Å². The SMILES string of the molecule is Cc1cc(Cl)nc(SC2CCNCC2)n1.Cl. The standard InChI is InChI=1S/C10H14ClN3S.ClH/c1-7-6-9(11)14-10(13-7)15-8-2-4-12-5-3-8;/h6,8,12H,2-5H2,1H3;1H. The highest BCUT2D eigenvalue weighted by atomic mass is 35.5. The monoisotopic (exact) mass is 279 g/mol. The Bertz CT molecular complexity index is 323. The Hall–Kier alpha value is -0.0300. The molecule has 0 aromatic carbocycles. The van der Waals surface area contributed by atoms with Crippen LogP contribution in [0.15, 0.2) is 11.2 Å². The second-order valence-electron chi connectivity index (χ2n) is 3.68. The fourth-order valence-corrected chi connectivity index (χ4v) is 3.02. The first kappa shape index (κ1) is 14.0. The minimum absolute atomic E-state index is 0. The first-order valence-corrected chi connectivity index (χ1v) is 6.38. The maximum Gasteiger partial charge on any atom is 0.189 e. The van der Waals surface area contributed by atoms with E-state index >= 15 is 0 Å². The highest BCUT2D eigenvalue weighted by Gasteiger charge is 2.15. The number of thioether (sulfide) groups is 1. The van der Waals surface area contributed by atoms with E-state index in [1.807, 2.05) is 6.92 Å². The van der Waals surface area contributed by atoms with Gasteiger partial charge in [-0.3, -0.25) is 0 Å². The molecule has 0 spiro atoms. The van der Waals surface area contributed by atoms with Gasteiger partial charge in [0.05, 0.1) is 0 Å². The summed E-state index contributed by atoms with van der Waals surface area (Å²) in [7, 11) is 0. The highest BCUT2D eigenvalue weighted by Crippen LogP contribution is 2.26. The van der Waals surface area contributed by atoms with Gasteiger partial charge in [0.25, 0.3) is 0 Å². The van der Waals surface area contributed by atoms with E-state index in [0.717, 1.165) is 23.9 Å². The zero-order chi connectivity index (χ0) is 10.7. The van der Waals surface area contributed by atoms with Crippen molar-refractivity contribution in [3.63, 3.8) is 0 Å². The van der Waals surface area contributed by atoms with Crippen LogP contribution in [0.4, 0.5) is 0 Å². The molecule has 2 heterocycles. The third-order valence-electron chi connectivity index (χ3n) is 2.36. The van der Waals surface area contributed by atoms with Crippen molar-refractivity contribution in [3.05, 3.63) is 16.9 Å². The summed E-state index contributed by atoms with van der Waals surface area (Å²) >= 11 is 7.64. The van der Waals surface area contributed by atoms with Gasteiger partial charge in [-0.05, 0) is 38.9 Å². The number of hydrogen-bond acceptors (Lipinski definition) is 4. The summed E-state index contributed by atoms with van der Waals surface area (Å²) in [4.78, 5) is 8.60. The second-order valence-corrected chi connectivity index (χ2v) is 5.34. The molecule has 90 valence electrons. The third kappa shape index (κ3) is 4.09. The lowest BCUT2D eigenvalue weighted by Crippen LogP contribution is -2.29. The van der Waals surface area contributed by atoms with Gasteiger partial charge in [-0.2, -0.15) is 0 Å². The van der Waals surface area contributed by atoms with E-state index in [1.54, 1.807) is 17.8 Å². The van der Waals surface area contributed by atoms with Gasteiger partial charge in [0, 0.05) is 10.9 Å². The molecule has 6 heteroatoms. The number of nitrogens with one attached hydrogen (secondary N) is 1. The molecule has 1 saturated heterocycles. The number of halogens is 2. The van der Waals surface area contributed by atoms with Crippen molar-refractivity contribution in [1.82, 2.24) is 15.3 Å². The van der Waals surface area contributed by atoms with E-state index in [4.69, 9.17) is 11.6 Å². The number of hydrogen-bond donors (Lipinski definition) is 1. The van der Waals surface area contributed by atoms with Gasteiger partial charge in [-0.1, -0.05) is 23.4 Å². The number of aryl methyl sites for hydroxylation is 1. The molecule has 1 fully saturated rings. The number of aromatic nitrogens is 2. The van der Waals surface area contributed by atoms with Crippen molar-refractivity contribution < 1.29 is 0 Å². The lowest BCUT2D eigenvalue weighted by Gasteiger charge is -2.21. The molecule has 0 radical (unpaired) electrons. The Kier molecular flexibility index (Phi) is 5.83. The first-order valence-electron chi connectivity index (χ1n) is 5.12. The van der Waals surface area contributed by atoms with Gasteiger partial charge >= 0.3 is 0 Å². The molecule has 1 aliphatic rings. The average Bonchev–Trinajstić information content (AvgIpc) is 2.17. The van der Waals surface area contributed by atoms with Crippen LogP contribution in [0.5, 0.6) is 0 Å². The zero-order valence-electron chi connectivity index (χ0n) is 9.07. The average molecular weight is 280 g/mol. The largest absolute Gasteiger partial charge is 0.317 e. The maximum absolute atomic E-state index is 5.89. The van der Waals surface area contributed by atoms with E-state index in [1.165, 1.54) is 12.8 Å². The van der Waals surface area contributed by atoms with Gasteiger partial charge in [-0.25, -0.2) is 9.97 Å². The fraction of sp³-hybridized carbons (Fsp3) is 0.600. The molecular formula is C10H15Cl2N3S. The summed E-state index contributed by atoms with van der Waals surface area (Å²) in [6.07, 6.45) is 2.36. The topological polar surface area (TPSA) is 37.8 Å². The molecule has 0 atom stereocenters. The van der Waals surface area contributed by atoms with Gasteiger partial charge in [-0.15, -0.1) is 12.4 Å². The third-order valence-corrected chi connectivity index (χ3v) is 3.75. The summed E-state index contributed by atoms with van der Waals surface area (Å²) in [6.45, 7) is 4.13. The predicted octanol–water partition coefficient (Wildman–Crippen LogP) is 2.70. The molecule has 0 saturated carbocycles. The summed E-state index contributed by atoms with van der Waals surface area (Å²) in [5, 5.41) is 5.32. The van der Waals surface area contributed by atoms with Crippen molar-refractivity contribution in [2.75, 3.05) is 13.1 Å². The Morgan fingerprint density at radius 1 is 1.38 bits per heavy atom. The van der Waals surface area contributed by atoms with Crippen LogP contribution >= 0.6 is 35.8 Å². The van der Waals surface area contributed by atoms with Crippen molar-refractivity contribution in [1.29, 1.82) is 0 Å². The van der Waals surface area contributed by atoms with Crippen molar-refractivity contribution in [2.24, 2.45) is 0 Å². The van der Waals surface area contributed by atoms with Gasteiger partial charge in [0.1, 0.15) is 5.15 Å². The summed E-state index contributed by atoms with van der Waals surface area (Å²) in [5.74, 6) is 0. The molecule has 1 aromatic rings. The lowest BCUT2D eigenvalue weighted by atomic mass is 10.2. The Balaban J connectivity index is 0.00000128. The van der Waals surface area contributed by atoms with Crippen LogP contribution in [0.25, 0.3) is 0 Å². The van der Waals surface area contributed by atoms with Crippen LogP contribution in [0.3, 0.4) is 0 Å². The molecular weight excluding hydrogens is 265 g/mol. The fourth-order valence-electron chi connectivity index (χ4n) is 1.62. The number of piperidine rings is 1. The van der Waals surface area contributed by atoms with E-state index in [0.29, 0.717) is 10.4 Å². The Labute approximate surface area is 111 Å². The first-order chi connectivity index (χ1) is 7.24. The van der Waals surface area contributed by atoms with Crippen LogP contribution < -0.4 is 5.32 Å². The normalized spacial score (nSPS) is 16.9. The van der Waals surface area contributed by atoms with E-state index < -0.39 is 0 Å². The van der Waals surface area contributed by atoms with Gasteiger partial charge < -0.3 is 5.32 Å². The molecule has 1 N–H and O–H groups in total. The summed E-state index contributed by atoms with van der Waals surface area (Å²) in [6, 6.07) is 1.79. The maximum atomic E-state index is 5.89. The second kappa shape index (κ2) is 6.64. The van der Waals surface area contributed by atoms with Gasteiger partial charge in [0.15, 0.2) is 5.16 Å². The molecule has 1 aromatic heterocycles. The molecule has 0 aliphatic carbocycles. The minimum Gasteiger partial charge on any atom is -0.317 e. The van der Waals surface area contributed by atoms with Crippen LogP contribution in [0.2, 0.25) is 5.15 Å². The Morgan fingerprint density at radius 2 is 2.06 bits per heavy atom. The lowest BCUT2D eigenvalue weighted by molar-refractivity contribution is 0.530. The van der Waals surface area contributed by atoms with Crippen LogP contribution in [-0.4, -0.2) is 28.3 Å². The zero-order valence-corrected chi connectivity index (χ0v) is 11.5. The van der Waals surface area contributed by atoms with E-state index in [-0.39, 0.29) is 12.4 Å². The minimum atomic E-state index is 0. The molecule has 0 amide bonds. The predicted molar refractivity (Wildman–Crippen MR) is 70.8 cm³/mol. The number of nitrogens with zero attached hydrogens (tertiary/aromatic N) is 2. The van der Waals surface area contributed by atoms with Crippen LogP contribution in [0, 0.1) is 6.92 Å². The van der Waals surface area contributed by atoms with E-state index in [2.05, 4.69) is 15.3 Å². The highest BCUT2D eigenvalue weighted by molar-refractivity contribution is 7.99. The van der Waals surface area contributed by atoms with Crippen LogP contribution in [-0.2, 0) is 0 Å².